The monoisotopic (exact) mass is 333 g/mol. The van der Waals surface area contributed by atoms with Crippen LogP contribution in [0.2, 0.25) is 0 Å². The number of hydrogen-bond donors (Lipinski definition) is 1. The first kappa shape index (κ1) is 12.1. The van der Waals surface area contributed by atoms with Crippen LogP contribution in [0.3, 0.4) is 0 Å². The zero-order chi connectivity index (χ0) is 11.5. The van der Waals surface area contributed by atoms with Crippen molar-refractivity contribution in [3.8, 4) is 0 Å². The van der Waals surface area contributed by atoms with Crippen LogP contribution in [0, 0.1) is 15.3 Å². The molecule has 0 radical (unpaired) electrons. The van der Waals surface area contributed by atoms with Crippen LogP contribution >= 0.6 is 22.6 Å². The molecule has 0 aliphatic heterocycles. The van der Waals surface area contributed by atoms with Crippen molar-refractivity contribution in [3.63, 3.8) is 0 Å². The number of rotatable bonds is 2. The lowest BCUT2D eigenvalue weighted by Crippen LogP contribution is -2.25. The van der Waals surface area contributed by atoms with E-state index in [0.717, 1.165) is 15.2 Å². The Labute approximate surface area is 110 Å². The third-order valence-electron chi connectivity index (χ3n) is 3.31. The van der Waals surface area contributed by atoms with Gasteiger partial charge in [0.2, 0.25) is 0 Å². The van der Waals surface area contributed by atoms with Crippen LogP contribution in [0.4, 0.5) is 10.1 Å². The molecule has 0 amide bonds. The molecule has 88 valence electrons. The average Bonchev–Trinajstić information content (AvgIpc) is 2.25. The molecule has 3 heteroatoms. The van der Waals surface area contributed by atoms with Crippen LogP contribution in [0.1, 0.15) is 32.6 Å². The molecule has 1 nitrogen and oxygen atoms in total. The second-order valence-corrected chi connectivity index (χ2v) is 5.89. The maximum atomic E-state index is 12.9. The van der Waals surface area contributed by atoms with E-state index in [9.17, 15) is 4.39 Å². The van der Waals surface area contributed by atoms with Gasteiger partial charge in [0.1, 0.15) is 5.82 Å². The predicted octanol–water partition coefficient (Wildman–Crippen LogP) is 4.42. The Morgan fingerprint density at radius 2 is 1.94 bits per heavy atom. The molecule has 1 aromatic carbocycles. The Morgan fingerprint density at radius 3 is 2.56 bits per heavy atom. The van der Waals surface area contributed by atoms with E-state index in [1.807, 2.05) is 6.07 Å². The van der Waals surface area contributed by atoms with Gasteiger partial charge in [0, 0.05) is 15.3 Å². The van der Waals surface area contributed by atoms with Gasteiger partial charge in [0.05, 0.1) is 0 Å². The number of hydrogen-bond acceptors (Lipinski definition) is 1. The third kappa shape index (κ3) is 3.09. The summed E-state index contributed by atoms with van der Waals surface area (Å²) in [5, 5.41) is 3.52. The summed E-state index contributed by atoms with van der Waals surface area (Å²) in [5.74, 6) is 0.706. The average molecular weight is 333 g/mol. The maximum absolute atomic E-state index is 12.9. The SMILES string of the molecule is CC1CCC(Nc2ccc(F)cc2I)CC1. The van der Waals surface area contributed by atoms with Crippen molar-refractivity contribution in [1.82, 2.24) is 0 Å². The fourth-order valence-electron chi connectivity index (χ4n) is 2.23. The van der Waals surface area contributed by atoms with Crippen molar-refractivity contribution in [1.29, 1.82) is 0 Å². The van der Waals surface area contributed by atoms with E-state index in [-0.39, 0.29) is 5.82 Å². The van der Waals surface area contributed by atoms with Crippen LogP contribution in [-0.4, -0.2) is 6.04 Å². The molecule has 1 N–H and O–H groups in total. The van der Waals surface area contributed by atoms with Gasteiger partial charge in [-0.05, 0) is 72.4 Å². The van der Waals surface area contributed by atoms with Gasteiger partial charge in [0.25, 0.3) is 0 Å². The summed E-state index contributed by atoms with van der Waals surface area (Å²) < 4.78 is 13.9. The largest absolute Gasteiger partial charge is 0.381 e. The zero-order valence-corrected chi connectivity index (χ0v) is 11.6. The molecule has 0 spiro atoms. The van der Waals surface area contributed by atoms with E-state index >= 15 is 0 Å². The topological polar surface area (TPSA) is 12.0 Å². The van der Waals surface area contributed by atoms with E-state index in [4.69, 9.17) is 0 Å². The van der Waals surface area contributed by atoms with E-state index in [0.29, 0.717) is 6.04 Å². The lowest BCUT2D eigenvalue weighted by atomic mass is 9.87. The summed E-state index contributed by atoms with van der Waals surface area (Å²) in [6.45, 7) is 2.32. The summed E-state index contributed by atoms with van der Waals surface area (Å²) in [7, 11) is 0. The van der Waals surface area contributed by atoms with Crippen molar-refractivity contribution < 1.29 is 4.39 Å². The highest BCUT2D eigenvalue weighted by Crippen LogP contribution is 2.27. The number of benzene rings is 1. The molecule has 2 rings (SSSR count). The fraction of sp³-hybridized carbons (Fsp3) is 0.538. The van der Waals surface area contributed by atoms with Crippen molar-refractivity contribution in [2.45, 2.75) is 38.6 Å². The standard InChI is InChI=1S/C13H17FIN/c1-9-2-5-11(6-3-9)16-13-7-4-10(14)8-12(13)15/h4,7-9,11,16H,2-3,5-6H2,1H3. The smallest absolute Gasteiger partial charge is 0.124 e. The van der Waals surface area contributed by atoms with E-state index < -0.39 is 0 Å². The van der Waals surface area contributed by atoms with Crippen LogP contribution in [0.25, 0.3) is 0 Å². The molecule has 0 saturated heterocycles. The second kappa shape index (κ2) is 5.34. The molecule has 1 saturated carbocycles. The molecule has 1 aliphatic carbocycles. The van der Waals surface area contributed by atoms with Gasteiger partial charge in [-0.3, -0.25) is 0 Å². The number of nitrogens with one attached hydrogen (secondary N) is 1. The lowest BCUT2D eigenvalue weighted by Gasteiger charge is -2.28. The summed E-state index contributed by atoms with van der Waals surface area (Å²) in [4.78, 5) is 0. The molecule has 0 heterocycles. The molecule has 0 unspecified atom stereocenters. The summed E-state index contributed by atoms with van der Waals surface area (Å²) in [6, 6.07) is 5.51. The molecule has 16 heavy (non-hydrogen) atoms. The van der Waals surface area contributed by atoms with Gasteiger partial charge in [0.15, 0.2) is 0 Å². The van der Waals surface area contributed by atoms with E-state index in [1.54, 1.807) is 6.07 Å². The molecule has 1 fully saturated rings. The normalized spacial score (nSPS) is 25.4. The molecular formula is C13H17FIN. The van der Waals surface area contributed by atoms with Gasteiger partial charge in [-0.15, -0.1) is 0 Å². The highest BCUT2D eigenvalue weighted by Gasteiger charge is 2.18. The van der Waals surface area contributed by atoms with Crippen LogP contribution < -0.4 is 5.32 Å². The van der Waals surface area contributed by atoms with Crippen molar-refractivity contribution in [2.75, 3.05) is 5.32 Å². The molecule has 1 aliphatic rings. The Bertz CT molecular complexity index is 359. The quantitative estimate of drug-likeness (QED) is 0.790. The Balaban J connectivity index is 1.98. The molecule has 1 aromatic rings. The zero-order valence-electron chi connectivity index (χ0n) is 9.47. The van der Waals surface area contributed by atoms with Gasteiger partial charge in [-0.1, -0.05) is 6.92 Å². The number of halogens is 2. The van der Waals surface area contributed by atoms with Gasteiger partial charge in [-0.25, -0.2) is 4.39 Å². The summed E-state index contributed by atoms with van der Waals surface area (Å²) in [6.07, 6.45) is 5.06. The van der Waals surface area contributed by atoms with Crippen molar-refractivity contribution >= 4 is 28.3 Å². The minimum atomic E-state index is -0.160. The first-order valence-corrected chi connectivity index (χ1v) is 6.94. The predicted molar refractivity (Wildman–Crippen MR) is 74.2 cm³/mol. The van der Waals surface area contributed by atoms with Crippen molar-refractivity contribution in [3.05, 3.63) is 27.6 Å². The minimum Gasteiger partial charge on any atom is -0.381 e. The molecule has 0 bridgehead atoms. The van der Waals surface area contributed by atoms with Crippen LogP contribution in [0.15, 0.2) is 18.2 Å². The highest BCUT2D eigenvalue weighted by molar-refractivity contribution is 14.1. The third-order valence-corrected chi connectivity index (χ3v) is 4.20. The van der Waals surface area contributed by atoms with Gasteiger partial charge in [-0.2, -0.15) is 0 Å². The highest BCUT2D eigenvalue weighted by atomic mass is 127. The Hall–Kier alpha value is -0.320. The first-order chi connectivity index (χ1) is 7.65. The molecule has 0 aromatic heterocycles. The maximum Gasteiger partial charge on any atom is 0.124 e. The van der Waals surface area contributed by atoms with E-state index in [2.05, 4.69) is 34.8 Å². The second-order valence-electron chi connectivity index (χ2n) is 4.73. The summed E-state index contributed by atoms with van der Waals surface area (Å²) in [5.41, 5.74) is 1.07. The Morgan fingerprint density at radius 1 is 1.25 bits per heavy atom. The molecule has 0 atom stereocenters. The Kier molecular flexibility index (Phi) is 4.05. The lowest BCUT2D eigenvalue weighted by molar-refractivity contribution is 0.361. The van der Waals surface area contributed by atoms with E-state index in [1.165, 1.54) is 31.7 Å². The number of anilines is 1. The van der Waals surface area contributed by atoms with Crippen LogP contribution in [0.5, 0.6) is 0 Å². The minimum absolute atomic E-state index is 0.160. The van der Waals surface area contributed by atoms with Gasteiger partial charge >= 0.3 is 0 Å². The van der Waals surface area contributed by atoms with Crippen molar-refractivity contribution in [2.24, 2.45) is 5.92 Å². The molecular weight excluding hydrogens is 316 g/mol. The first-order valence-electron chi connectivity index (χ1n) is 5.87. The summed E-state index contributed by atoms with van der Waals surface area (Å²) >= 11 is 2.18. The van der Waals surface area contributed by atoms with Gasteiger partial charge < -0.3 is 5.32 Å². The fourth-order valence-corrected chi connectivity index (χ4v) is 2.86. The van der Waals surface area contributed by atoms with Crippen LogP contribution in [-0.2, 0) is 0 Å².